The fraction of sp³-hybridized carbons (Fsp3) is 0.333. The Bertz CT molecular complexity index is 978. The van der Waals surface area contributed by atoms with Crippen molar-refractivity contribution in [2.45, 2.75) is 25.8 Å². The number of nitrogens with one attached hydrogen (secondary N) is 1. The van der Waals surface area contributed by atoms with Gasteiger partial charge < -0.3 is 13.9 Å². The summed E-state index contributed by atoms with van der Waals surface area (Å²) in [6, 6.07) is 3.50. The Kier molecular flexibility index (Phi) is 4.48. The van der Waals surface area contributed by atoms with Gasteiger partial charge in [0.1, 0.15) is 5.82 Å². The van der Waals surface area contributed by atoms with Crippen LogP contribution in [0.2, 0.25) is 0 Å². The van der Waals surface area contributed by atoms with Gasteiger partial charge >= 0.3 is 0 Å². The highest BCUT2D eigenvalue weighted by atomic mass is 19.1. The van der Waals surface area contributed by atoms with Crippen LogP contribution in [0.3, 0.4) is 0 Å². The van der Waals surface area contributed by atoms with E-state index in [1.807, 2.05) is 20.0 Å². The highest BCUT2D eigenvalue weighted by Crippen LogP contribution is 2.30. The number of methoxy groups -OCH3 is 1. The second kappa shape index (κ2) is 6.58. The Morgan fingerprint density at radius 3 is 2.92 bits per heavy atom. The Balaban J connectivity index is 2.26. The van der Waals surface area contributed by atoms with Crippen LogP contribution in [0.4, 0.5) is 10.2 Å². The van der Waals surface area contributed by atoms with Gasteiger partial charge in [-0.2, -0.15) is 9.38 Å². The van der Waals surface area contributed by atoms with Crippen LogP contribution in [0.1, 0.15) is 25.1 Å². The van der Waals surface area contributed by atoms with Gasteiger partial charge in [0.15, 0.2) is 5.88 Å². The Morgan fingerprint density at radius 1 is 1.52 bits per heavy atom. The van der Waals surface area contributed by atoms with Crippen molar-refractivity contribution in [2.24, 2.45) is 12.0 Å². The summed E-state index contributed by atoms with van der Waals surface area (Å²) >= 11 is 0. The molecule has 0 bridgehead atoms. The van der Waals surface area contributed by atoms with Gasteiger partial charge in [0.25, 0.3) is 5.56 Å². The minimum absolute atomic E-state index is 0.0692. The van der Waals surface area contributed by atoms with Gasteiger partial charge in [-0.25, -0.2) is 0 Å². The predicted octanol–water partition coefficient (Wildman–Crippen LogP) is 2.51. The van der Waals surface area contributed by atoms with Crippen LogP contribution in [-0.4, -0.2) is 21.2 Å². The normalized spacial score (nSPS) is 17.7. The lowest BCUT2D eigenvalue weighted by molar-refractivity contribution is 0.383. The van der Waals surface area contributed by atoms with E-state index in [1.165, 1.54) is 0 Å². The zero-order valence-electron chi connectivity index (χ0n) is 14.5. The summed E-state index contributed by atoms with van der Waals surface area (Å²) in [5.74, 6) is 0.506. The maximum Gasteiger partial charge on any atom is 0.288 e. The summed E-state index contributed by atoms with van der Waals surface area (Å²) in [4.78, 5) is 19.1. The number of hydrogen-bond donors (Lipinski definition) is 1. The Morgan fingerprint density at radius 2 is 2.28 bits per heavy atom. The van der Waals surface area contributed by atoms with Gasteiger partial charge in [0, 0.05) is 13.1 Å². The fourth-order valence-corrected chi connectivity index (χ4v) is 3.27. The lowest BCUT2D eigenvalue weighted by Gasteiger charge is -2.16. The second-order valence-electron chi connectivity index (χ2n) is 6.01. The van der Waals surface area contributed by atoms with Crippen molar-refractivity contribution in [3.05, 3.63) is 63.9 Å². The number of nitrogens with zero attached hydrogens (tertiary/aromatic N) is 3. The van der Waals surface area contributed by atoms with Gasteiger partial charge in [-0.05, 0) is 25.8 Å². The van der Waals surface area contributed by atoms with E-state index < -0.39 is 11.4 Å². The summed E-state index contributed by atoms with van der Waals surface area (Å²) < 4.78 is 23.1. The highest BCUT2D eigenvalue weighted by Gasteiger charge is 2.28. The molecule has 2 aromatic heterocycles. The molecule has 0 saturated carbocycles. The molecule has 0 saturated heterocycles. The fourth-order valence-electron chi connectivity index (χ4n) is 3.27. The number of hydrogen-bond acceptors (Lipinski definition) is 3. The smallest absolute Gasteiger partial charge is 0.288 e. The average Bonchev–Trinajstić information content (AvgIpc) is 3.17. The maximum absolute atomic E-state index is 14.3. The first-order valence-corrected chi connectivity index (χ1v) is 8.04. The minimum Gasteiger partial charge on any atom is -0.482 e. The zero-order chi connectivity index (χ0) is 18.1. The van der Waals surface area contributed by atoms with Gasteiger partial charge in [0.05, 0.1) is 18.8 Å². The largest absolute Gasteiger partial charge is 0.482 e. The molecule has 132 valence electrons. The van der Waals surface area contributed by atoms with Gasteiger partial charge in [0.2, 0.25) is 11.4 Å². The Hall–Kier alpha value is -2.83. The number of fused-ring (bicyclic) bond motifs is 1. The van der Waals surface area contributed by atoms with Gasteiger partial charge in [-0.15, -0.1) is 0 Å². The van der Waals surface area contributed by atoms with Crippen LogP contribution < -0.4 is 15.9 Å². The molecule has 1 N–H and O–H groups in total. The van der Waals surface area contributed by atoms with E-state index in [-0.39, 0.29) is 6.04 Å². The summed E-state index contributed by atoms with van der Waals surface area (Å²) in [6.07, 6.45) is 4.80. The molecule has 3 rings (SSSR count). The topological polar surface area (TPSA) is 64.3 Å². The quantitative estimate of drug-likeness (QED) is 0.866. The average molecular weight is 344 g/mol. The number of ether oxygens (including phenoxy) is 1. The van der Waals surface area contributed by atoms with Crippen molar-refractivity contribution in [3.63, 3.8) is 0 Å². The molecule has 0 aromatic carbocycles. The summed E-state index contributed by atoms with van der Waals surface area (Å²) in [6.45, 7) is 5.68. The molecule has 1 aliphatic heterocycles. The van der Waals surface area contributed by atoms with Crippen molar-refractivity contribution < 1.29 is 9.13 Å². The van der Waals surface area contributed by atoms with Crippen LogP contribution in [0.15, 0.2) is 46.2 Å². The third-order valence-electron chi connectivity index (χ3n) is 4.55. The SMILES string of the molecule is C=C/C=C(\C)C1CCc2c(F)c(=O)[nH]/c(=N\c3ccc(OC)n3C)n21. The molecule has 6 nitrogen and oxygen atoms in total. The first-order valence-electron chi connectivity index (χ1n) is 8.04. The number of aromatic amines is 1. The molecule has 0 fully saturated rings. The molecular formula is C18H21FN4O2. The van der Waals surface area contributed by atoms with Crippen LogP contribution in [-0.2, 0) is 13.5 Å². The molecule has 0 radical (unpaired) electrons. The first-order chi connectivity index (χ1) is 12.0. The van der Waals surface area contributed by atoms with Crippen molar-refractivity contribution in [1.82, 2.24) is 14.1 Å². The monoisotopic (exact) mass is 344 g/mol. The molecule has 7 heteroatoms. The van der Waals surface area contributed by atoms with Crippen LogP contribution in [0.5, 0.6) is 5.88 Å². The van der Waals surface area contributed by atoms with E-state index in [2.05, 4.69) is 16.6 Å². The molecule has 25 heavy (non-hydrogen) atoms. The van der Waals surface area contributed by atoms with E-state index >= 15 is 0 Å². The van der Waals surface area contributed by atoms with Crippen LogP contribution in [0, 0.1) is 5.82 Å². The van der Waals surface area contributed by atoms with Gasteiger partial charge in [-0.3, -0.25) is 9.78 Å². The highest BCUT2D eigenvalue weighted by molar-refractivity contribution is 5.36. The van der Waals surface area contributed by atoms with E-state index in [4.69, 9.17) is 4.74 Å². The van der Waals surface area contributed by atoms with E-state index in [0.717, 1.165) is 5.57 Å². The number of rotatable bonds is 4. The molecule has 1 aliphatic rings. The summed E-state index contributed by atoms with van der Waals surface area (Å²) in [5, 5.41) is 0. The van der Waals surface area contributed by atoms with E-state index in [9.17, 15) is 9.18 Å². The Labute approximate surface area is 144 Å². The van der Waals surface area contributed by atoms with E-state index in [1.54, 1.807) is 34.5 Å². The van der Waals surface area contributed by atoms with Crippen LogP contribution >= 0.6 is 0 Å². The molecular weight excluding hydrogens is 323 g/mol. The zero-order valence-corrected chi connectivity index (χ0v) is 14.5. The molecule has 0 spiro atoms. The third-order valence-corrected chi connectivity index (χ3v) is 4.55. The number of aromatic nitrogens is 3. The lowest BCUT2D eigenvalue weighted by Crippen LogP contribution is -2.35. The minimum atomic E-state index is -0.753. The lowest BCUT2D eigenvalue weighted by atomic mass is 10.1. The standard InChI is InChI=1S/C18H21FN4O2/c1-5-6-11(2)12-7-8-13-16(19)17(24)21-18(23(12)13)20-14-9-10-15(25-4)22(14)3/h5-6,9-10,12H,1,7-8H2,2-4H3,(H,20,21,24)/b11-6+. The second-order valence-corrected chi connectivity index (χ2v) is 6.01. The van der Waals surface area contributed by atoms with Gasteiger partial charge in [-0.1, -0.05) is 24.3 Å². The molecule has 1 atom stereocenters. The first kappa shape index (κ1) is 17.0. The molecule has 0 aliphatic carbocycles. The summed E-state index contributed by atoms with van der Waals surface area (Å²) in [5.41, 5.74) is 0.985. The van der Waals surface area contributed by atoms with Crippen molar-refractivity contribution in [3.8, 4) is 5.88 Å². The molecule has 0 amide bonds. The number of H-pyrrole nitrogens is 1. The molecule has 2 aromatic rings. The van der Waals surface area contributed by atoms with Crippen molar-refractivity contribution in [1.29, 1.82) is 0 Å². The third kappa shape index (κ3) is 2.86. The molecule has 3 heterocycles. The van der Waals surface area contributed by atoms with Crippen molar-refractivity contribution >= 4 is 5.82 Å². The number of halogens is 1. The van der Waals surface area contributed by atoms with E-state index in [0.29, 0.717) is 35.9 Å². The molecule has 1 unspecified atom stereocenters. The van der Waals surface area contributed by atoms with Crippen LogP contribution in [0.25, 0.3) is 0 Å². The summed E-state index contributed by atoms with van der Waals surface area (Å²) in [7, 11) is 3.38. The van der Waals surface area contributed by atoms with Crippen molar-refractivity contribution in [2.75, 3.05) is 7.11 Å². The maximum atomic E-state index is 14.3. The number of allylic oxidation sites excluding steroid dienone is 3. The predicted molar refractivity (Wildman–Crippen MR) is 93.5 cm³/mol.